The Morgan fingerprint density at radius 3 is 2.89 bits per heavy atom. The zero-order valence-electron chi connectivity index (χ0n) is 11.2. The third-order valence-electron chi connectivity index (χ3n) is 2.36. The first-order valence-corrected chi connectivity index (χ1v) is 6.23. The number of carbonyl (C=O) groups excluding carboxylic acids is 1. The SMILES string of the molecule is CCOCc1ccoc1NC(C)CC(=O)OCC. The van der Waals surface area contributed by atoms with E-state index >= 15 is 0 Å². The molecule has 0 aromatic carbocycles. The number of carbonyl (C=O) groups is 1. The van der Waals surface area contributed by atoms with Crippen LogP contribution in [-0.2, 0) is 20.9 Å². The van der Waals surface area contributed by atoms with Crippen molar-refractivity contribution in [2.24, 2.45) is 0 Å². The predicted octanol–water partition coefficient (Wildman–Crippen LogP) is 2.57. The van der Waals surface area contributed by atoms with E-state index in [1.165, 1.54) is 0 Å². The smallest absolute Gasteiger partial charge is 0.307 e. The lowest BCUT2D eigenvalue weighted by molar-refractivity contribution is -0.143. The molecule has 5 nitrogen and oxygen atoms in total. The number of esters is 1. The molecule has 102 valence electrons. The standard InChI is InChI=1S/C13H21NO4/c1-4-16-9-11-6-7-18-13(11)14-10(3)8-12(15)17-5-2/h6-7,10,14H,4-5,8-9H2,1-3H3. The molecule has 1 heterocycles. The van der Waals surface area contributed by atoms with Crippen LogP contribution in [0, 0.1) is 0 Å². The minimum Gasteiger partial charge on any atom is -0.466 e. The molecule has 1 rings (SSSR count). The first-order chi connectivity index (χ1) is 8.67. The molecule has 0 aliphatic carbocycles. The molecule has 1 aromatic rings. The van der Waals surface area contributed by atoms with Crippen molar-refractivity contribution < 1.29 is 18.7 Å². The summed E-state index contributed by atoms with van der Waals surface area (Å²) in [4.78, 5) is 11.3. The molecule has 5 heteroatoms. The molecule has 0 spiro atoms. The lowest BCUT2D eigenvalue weighted by atomic mass is 10.2. The van der Waals surface area contributed by atoms with Gasteiger partial charge in [-0.15, -0.1) is 0 Å². The Labute approximate surface area is 107 Å². The molecule has 0 saturated carbocycles. The molecular formula is C13H21NO4. The Hall–Kier alpha value is -1.49. The van der Waals surface area contributed by atoms with Gasteiger partial charge in [-0.1, -0.05) is 0 Å². The maximum absolute atomic E-state index is 11.3. The Morgan fingerprint density at radius 2 is 2.22 bits per heavy atom. The number of ether oxygens (including phenoxy) is 2. The van der Waals surface area contributed by atoms with Crippen LogP contribution in [0.5, 0.6) is 0 Å². The molecule has 0 saturated heterocycles. The van der Waals surface area contributed by atoms with Crippen LogP contribution in [0.1, 0.15) is 32.8 Å². The van der Waals surface area contributed by atoms with Gasteiger partial charge in [0.15, 0.2) is 5.88 Å². The van der Waals surface area contributed by atoms with Gasteiger partial charge in [0.25, 0.3) is 0 Å². The van der Waals surface area contributed by atoms with Crippen LogP contribution in [0.2, 0.25) is 0 Å². The van der Waals surface area contributed by atoms with E-state index in [0.29, 0.717) is 32.1 Å². The molecule has 0 fully saturated rings. The quantitative estimate of drug-likeness (QED) is 0.723. The number of rotatable bonds is 8. The summed E-state index contributed by atoms with van der Waals surface area (Å²) in [7, 11) is 0. The van der Waals surface area contributed by atoms with Gasteiger partial charge >= 0.3 is 5.97 Å². The zero-order valence-corrected chi connectivity index (χ0v) is 11.2. The molecule has 1 aromatic heterocycles. The maximum Gasteiger partial charge on any atom is 0.307 e. The van der Waals surface area contributed by atoms with Crippen LogP contribution in [0.25, 0.3) is 0 Å². The molecule has 0 aliphatic heterocycles. The van der Waals surface area contributed by atoms with Gasteiger partial charge in [0.2, 0.25) is 0 Å². The molecule has 18 heavy (non-hydrogen) atoms. The van der Waals surface area contributed by atoms with Crippen molar-refractivity contribution in [2.75, 3.05) is 18.5 Å². The fourth-order valence-electron chi connectivity index (χ4n) is 1.53. The highest BCUT2D eigenvalue weighted by Gasteiger charge is 2.13. The maximum atomic E-state index is 11.3. The van der Waals surface area contributed by atoms with E-state index in [-0.39, 0.29) is 12.0 Å². The summed E-state index contributed by atoms with van der Waals surface area (Å²) in [6.07, 6.45) is 1.91. The highest BCUT2D eigenvalue weighted by Crippen LogP contribution is 2.19. The number of hydrogen-bond donors (Lipinski definition) is 1. The summed E-state index contributed by atoms with van der Waals surface area (Å²) < 4.78 is 15.6. The van der Waals surface area contributed by atoms with Crippen molar-refractivity contribution in [2.45, 2.75) is 39.8 Å². The summed E-state index contributed by atoms with van der Waals surface area (Å²) in [5, 5.41) is 3.14. The summed E-state index contributed by atoms with van der Waals surface area (Å²) in [5.74, 6) is 0.440. The van der Waals surface area contributed by atoms with Crippen LogP contribution in [0.3, 0.4) is 0 Å². The fourth-order valence-corrected chi connectivity index (χ4v) is 1.53. The Morgan fingerprint density at radius 1 is 1.44 bits per heavy atom. The Balaban J connectivity index is 2.45. The van der Waals surface area contributed by atoms with Gasteiger partial charge in [-0.05, 0) is 26.8 Å². The van der Waals surface area contributed by atoms with E-state index in [1.54, 1.807) is 13.2 Å². The second kappa shape index (κ2) is 7.76. The summed E-state index contributed by atoms with van der Waals surface area (Å²) in [6, 6.07) is 1.81. The normalized spacial score (nSPS) is 12.2. The first-order valence-electron chi connectivity index (χ1n) is 6.23. The van der Waals surface area contributed by atoms with Crippen molar-refractivity contribution in [1.29, 1.82) is 0 Å². The zero-order chi connectivity index (χ0) is 13.4. The minimum atomic E-state index is -0.213. The Bertz CT molecular complexity index is 362. The molecule has 0 amide bonds. The van der Waals surface area contributed by atoms with E-state index in [1.807, 2.05) is 19.9 Å². The van der Waals surface area contributed by atoms with Gasteiger partial charge in [0.05, 0.1) is 25.9 Å². The van der Waals surface area contributed by atoms with E-state index < -0.39 is 0 Å². The van der Waals surface area contributed by atoms with E-state index in [2.05, 4.69) is 5.32 Å². The number of furan rings is 1. The number of nitrogens with one attached hydrogen (secondary N) is 1. The van der Waals surface area contributed by atoms with Crippen molar-refractivity contribution in [3.05, 3.63) is 17.9 Å². The lowest BCUT2D eigenvalue weighted by Crippen LogP contribution is -2.21. The molecule has 0 aliphatic rings. The summed E-state index contributed by atoms with van der Waals surface area (Å²) in [6.45, 7) is 7.20. The second-order valence-electron chi connectivity index (χ2n) is 3.97. The molecule has 1 atom stereocenters. The Kier molecular flexibility index (Phi) is 6.28. The second-order valence-corrected chi connectivity index (χ2v) is 3.97. The van der Waals surface area contributed by atoms with E-state index in [0.717, 1.165) is 5.56 Å². The lowest BCUT2D eigenvalue weighted by Gasteiger charge is -2.13. The van der Waals surface area contributed by atoms with Gasteiger partial charge in [-0.3, -0.25) is 4.79 Å². The van der Waals surface area contributed by atoms with Crippen molar-refractivity contribution in [3.63, 3.8) is 0 Å². The average Bonchev–Trinajstić information content (AvgIpc) is 2.73. The average molecular weight is 255 g/mol. The molecule has 1 unspecified atom stereocenters. The summed E-state index contributed by atoms with van der Waals surface area (Å²) >= 11 is 0. The van der Waals surface area contributed by atoms with Gasteiger partial charge in [-0.2, -0.15) is 0 Å². The topological polar surface area (TPSA) is 60.7 Å². The van der Waals surface area contributed by atoms with Gasteiger partial charge in [0.1, 0.15) is 0 Å². The molecule has 1 N–H and O–H groups in total. The first kappa shape index (κ1) is 14.6. The number of hydrogen-bond acceptors (Lipinski definition) is 5. The van der Waals surface area contributed by atoms with Crippen LogP contribution in [0.4, 0.5) is 5.88 Å². The van der Waals surface area contributed by atoms with Gasteiger partial charge in [-0.25, -0.2) is 0 Å². The van der Waals surface area contributed by atoms with Gasteiger partial charge < -0.3 is 19.2 Å². The predicted molar refractivity (Wildman–Crippen MR) is 68.4 cm³/mol. The van der Waals surface area contributed by atoms with E-state index in [9.17, 15) is 4.79 Å². The summed E-state index contributed by atoms with van der Waals surface area (Å²) in [5.41, 5.74) is 0.951. The van der Waals surface area contributed by atoms with Gasteiger partial charge in [0, 0.05) is 18.2 Å². The van der Waals surface area contributed by atoms with Crippen LogP contribution in [-0.4, -0.2) is 25.2 Å². The highest BCUT2D eigenvalue weighted by molar-refractivity contribution is 5.70. The van der Waals surface area contributed by atoms with Crippen molar-refractivity contribution in [1.82, 2.24) is 0 Å². The third-order valence-corrected chi connectivity index (χ3v) is 2.36. The molecule has 0 bridgehead atoms. The highest BCUT2D eigenvalue weighted by atomic mass is 16.5. The van der Waals surface area contributed by atoms with Crippen LogP contribution >= 0.6 is 0 Å². The minimum absolute atomic E-state index is 0.0458. The van der Waals surface area contributed by atoms with Crippen molar-refractivity contribution in [3.8, 4) is 0 Å². The third kappa shape index (κ3) is 4.79. The largest absolute Gasteiger partial charge is 0.466 e. The van der Waals surface area contributed by atoms with Crippen molar-refractivity contribution >= 4 is 11.9 Å². The van der Waals surface area contributed by atoms with Crippen LogP contribution in [0.15, 0.2) is 16.7 Å². The fraction of sp³-hybridized carbons (Fsp3) is 0.615. The van der Waals surface area contributed by atoms with E-state index in [4.69, 9.17) is 13.9 Å². The number of anilines is 1. The molecule has 0 radical (unpaired) electrons. The monoisotopic (exact) mass is 255 g/mol. The molecular weight excluding hydrogens is 234 g/mol. The van der Waals surface area contributed by atoms with Crippen LogP contribution < -0.4 is 5.32 Å².